The van der Waals surface area contributed by atoms with E-state index in [9.17, 15) is 4.79 Å². The molecule has 0 aliphatic rings. The number of carbonyl (C=O) groups is 1. The van der Waals surface area contributed by atoms with E-state index in [2.05, 4.69) is 4.98 Å². The Morgan fingerprint density at radius 2 is 2.24 bits per heavy atom. The van der Waals surface area contributed by atoms with Gasteiger partial charge in [-0.05, 0) is 6.07 Å². The molecule has 0 amide bonds. The van der Waals surface area contributed by atoms with Crippen molar-refractivity contribution in [3.8, 4) is 11.8 Å². The Bertz CT molecular complexity index is 534. The molecule has 1 aromatic carbocycles. The number of rotatable bonds is 4. The second-order valence-corrected chi connectivity index (χ2v) is 3.60. The summed E-state index contributed by atoms with van der Waals surface area (Å²) in [5.74, 6) is -0.370. The van der Waals surface area contributed by atoms with Crippen molar-refractivity contribution in [3.05, 3.63) is 42.2 Å². The highest BCUT2D eigenvalue weighted by molar-refractivity contribution is 5.71. The zero-order chi connectivity index (χ0) is 12.3. The Kier molecular flexibility index (Phi) is 3.09. The molecule has 0 unspecified atom stereocenters. The van der Waals surface area contributed by atoms with E-state index in [1.165, 1.54) is 0 Å². The molecule has 88 valence electrons. The zero-order valence-corrected chi connectivity index (χ0v) is 9.33. The number of carboxylic acids is 1. The molecule has 1 aromatic heterocycles. The molecule has 0 aliphatic heterocycles. The van der Waals surface area contributed by atoms with Crippen molar-refractivity contribution in [1.82, 2.24) is 9.55 Å². The van der Waals surface area contributed by atoms with E-state index in [1.807, 2.05) is 7.05 Å². The summed E-state index contributed by atoms with van der Waals surface area (Å²) in [5, 5.41) is 8.80. The van der Waals surface area contributed by atoms with Crippen LogP contribution < -0.4 is 4.74 Å². The minimum Gasteiger partial charge on any atom is -0.481 e. The summed E-state index contributed by atoms with van der Waals surface area (Å²) in [6.07, 6.45) is 3.31. The number of para-hydroxylation sites is 1. The van der Waals surface area contributed by atoms with Crippen molar-refractivity contribution in [2.75, 3.05) is 0 Å². The van der Waals surface area contributed by atoms with Gasteiger partial charge in [-0.3, -0.25) is 4.79 Å². The molecule has 5 heteroatoms. The number of ether oxygens (including phenoxy) is 1. The Labute approximate surface area is 98.3 Å². The molecule has 0 saturated carbocycles. The fourth-order valence-electron chi connectivity index (χ4n) is 1.46. The standard InChI is InChI=1S/C12H12N2O3/c1-14-7-6-13-12(14)17-10-5-3-2-4-9(10)8-11(15)16/h2-7H,8H2,1H3,(H,15,16). The quantitative estimate of drug-likeness (QED) is 0.873. The first kappa shape index (κ1) is 11.2. The molecule has 0 fully saturated rings. The minimum absolute atomic E-state index is 0.0689. The van der Waals surface area contributed by atoms with Gasteiger partial charge < -0.3 is 14.4 Å². The Balaban J connectivity index is 2.26. The van der Waals surface area contributed by atoms with Gasteiger partial charge >= 0.3 is 12.0 Å². The Hall–Kier alpha value is -2.30. The SMILES string of the molecule is Cn1ccnc1Oc1ccccc1CC(=O)O. The maximum absolute atomic E-state index is 10.7. The summed E-state index contributed by atoms with van der Waals surface area (Å²) < 4.78 is 7.29. The third-order valence-corrected chi connectivity index (χ3v) is 2.29. The van der Waals surface area contributed by atoms with Crippen molar-refractivity contribution in [3.63, 3.8) is 0 Å². The minimum atomic E-state index is -0.888. The highest BCUT2D eigenvalue weighted by atomic mass is 16.5. The fourth-order valence-corrected chi connectivity index (χ4v) is 1.46. The van der Waals surface area contributed by atoms with Crippen LogP contribution >= 0.6 is 0 Å². The first-order chi connectivity index (χ1) is 8.16. The fraction of sp³-hybridized carbons (Fsp3) is 0.167. The number of hydrogen-bond donors (Lipinski definition) is 1. The first-order valence-electron chi connectivity index (χ1n) is 5.11. The lowest BCUT2D eigenvalue weighted by Gasteiger charge is -2.08. The number of nitrogens with zero attached hydrogens (tertiary/aromatic N) is 2. The number of aryl methyl sites for hydroxylation is 1. The van der Waals surface area contributed by atoms with Gasteiger partial charge in [-0.2, -0.15) is 0 Å². The van der Waals surface area contributed by atoms with Crippen LogP contribution in [-0.2, 0) is 18.3 Å². The average Bonchev–Trinajstić information content (AvgIpc) is 2.67. The molecule has 5 nitrogen and oxygen atoms in total. The summed E-state index contributed by atoms with van der Waals surface area (Å²) >= 11 is 0. The van der Waals surface area contributed by atoms with E-state index < -0.39 is 5.97 Å². The van der Waals surface area contributed by atoms with Crippen molar-refractivity contribution in [1.29, 1.82) is 0 Å². The van der Waals surface area contributed by atoms with Crippen LogP contribution in [-0.4, -0.2) is 20.6 Å². The number of aliphatic carboxylic acids is 1. The average molecular weight is 232 g/mol. The van der Waals surface area contributed by atoms with Crippen LogP contribution in [0.25, 0.3) is 0 Å². The van der Waals surface area contributed by atoms with E-state index in [-0.39, 0.29) is 6.42 Å². The summed E-state index contributed by atoms with van der Waals surface area (Å²) in [5.41, 5.74) is 0.628. The highest BCUT2D eigenvalue weighted by Gasteiger charge is 2.09. The highest BCUT2D eigenvalue weighted by Crippen LogP contribution is 2.23. The molecule has 2 aromatic rings. The maximum Gasteiger partial charge on any atom is 0.307 e. The largest absolute Gasteiger partial charge is 0.481 e. The zero-order valence-electron chi connectivity index (χ0n) is 9.33. The number of imidazole rings is 1. The van der Waals surface area contributed by atoms with Gasteiger partial charge in [-0.1, -0.05) is 18.2 Å². The van der Waals surface area contributed by atoms with Gasteiger partial charge in [-0.25, -0.2) is 4.98 Å². The number of carboxylic acid groups (broad SMARTS) is 1. The van der Waals surface area contributed by atoms with Crippen LogP contribution in [0.5, 0.6) is 11.8 Å². The van der Waals surface area contributed by atoms with Crippen LogP contribution in [0.3, 0.4) is 0 Å². The molecule has 0 atom stereocenters. The van der Waals surface area contributed by atoms with Gasteiger partial charge in [-0.15, -0.1) is 0 Å². The van der Waals surface area contributed by atoms with Gasteiger partial charge in [0, 0.05) is 25.0 Å². The second kappa shape index (κ2) is 4.69. The summed E-state index contributed by atoms with van der Waals surface area (Å²) in [6.45, 7) is 0. The molecular weight excluding hydrogens is 220 g/mol. The molecular formula is C12H12N2O3. The molecule has 0 aliphatic carbocycles. The van der Waals surface area contributed by atoms with E-state index >= 15 is 0 Å². The maximum atomic E-state index is 10.7. The van der Waals surface area contributed by atoms with Gasteiger partial charge in [0.1, 0.15) is 5.75 Å². The molecule has 1 N–H and O–H groups in total. The van der Waals surface area contributed by atoms with Crippen LogP contribution in [0.2, 0.25) is 0 Å². The van der Waals surface area contributed by atoms with Crippen LogP contribution in [0.15, 0.2) is 36.7 Å². The lowest BCUT2D eigenvalue weighted by molar-refractivity contribution is -0.136. The van der Waals surface area contributed by atoms with E-state index in [4.69, 9.17) is 9.84 Å². The van der Waals surface area contributed by atoms with E-state index in [0.29, 0.717) is 17.3 Å². The topological polar surface area (TPSA) is 64.4 Å². The van der Waals surface area contributed by atoms with E-state index in [0.717, 1.165) is 0 Å². The molecule has 17 heavy (non-hydrogen) atoms. The lowest BCUT2D eigenvalue weighted by atomic mass is 10.1. The van der Waals surface area contributed by atoms with Gasteiger partial charge in [0.15, 0.2) is 0 Å². The smallest absolute Gasteiger partial charge is 0.307 e. The first-order valence-corrected chi connectivity index (χ1v) is 5.11. The van der Waals surface area contributed by atoms with Crippen LogP contribution in [0, 0.1) is 0 Å². The van der Waals surface area contributed by atoms with Gasteiger partial charge in [0.2, 0.25) is 0 Å². The molecule has 0 spiro atoms. The lowest BCUT2D eigenvalue weighted by Crippen LogP contribution is -2.03. The number of aromatic nitrogens is 2. The normalized spacial score (nSPS) is 10.2. The molecule has 0 radical (unpaired) electrons. The third kappa shape index (κ3) is 2.63. The van der Waals surface area contributed by atoms with E-state index in [1.54, 1.807) is 41.2 Å². The Morgan fingerprint density at radius 3 is 2.88 bits per heavy atom. The predicted octanol–water partition coefficient (Wildman–Crippen LogP) is 1.84. The van der Waals surface area contributed by atoms with Crippen LogP contribution in [0.1, 0.15) is 5.56 Å². The third-order valence-electron chi connectivity index (χ3n) is 2.29. The summed E-state index contributed by atoms with van der Waals surface area (Å²) in [4.78, 5) is 14.7. The Morgan fingerprint density at radius 1 is 1.47 bits per heavy atom. The summed E-state index contributed by atoms with van der Waals surface area (Å²) in [6, 6.07) is 7.47. The predicted molar refractivity (Wildman–Crippen MR) is 61.1 cm³/mol. The number of hydrogen-bond acceptors (Lipinski definition) is 3. The van der Waals surface area contributed by atoms with Crippen LogP contribution in [0.4, 0.5) is 0 Å². The molecule has 0 bridgehead atoms. The second-order valence-electron chi connectivity index (χ2n) is 3.60. The van der Waals surface area contributed by atoms with Crippen molar-refractivity contribution >= 4 is 5.97 Å². The van der Waals surface area contributed by atoms with Crippen molar-refractivity contribution in [2.45, 2.75) is 6.42 Å². The van der Waals surface area contributed by atoms with Gasteiger partial charge in [0.25, 0.3) is 0 Å². The molecule has 2 rings (SSSR count). The van der Waals surface area contributed by atoms with Crippen molar-refractivity contribution < 1.29 is 14.6 Å². The summed E-state index contributed by atoms with van der Waals surface area (Å²) in [7, 11) is 1.81. The number of benzene rings is 1. The monoisotopic (exact) mass is 232 g/mol. The molecule has 0 saturated heterocycles. The molecule has 1 heterocycles. The van der Waals surface area contributed by atoms with Gasteiger partial charge in [0.05, 0.1) is 6.42 Å². The van der Waals surface area contributed by atoms with Crippen molar-refractivity contribution in [2.24, 2.45) is 7.05 Å².